The monoisotopic (exact) mass is 340 g/mol. The first-order valence-corrected chi connectivity index (χ1v) is 8.43. The Labute approximate surface area is 145 Å². The van der Waals surface area contributed by atoms with Crippen molar-refractivity contribution in [3.8, 4) is 0 Å². The summed E-state index contributed by atoms with van der Waals surface area (Å²) in [6.07, 6.45) is 0. The molecule has 0 spiro atoms. The lowest BCUT2D eigenvalue weighted by Gasteiger charge is -2.35. The van der Waals surface area contributed by atoms with Gasteiger partial charge in [0, 0.05) is 0 Å². The van der Waals surface area contributed by atoms with E-state index in [1.54, 1.807) is 29.2 Å². The number of nitrogens with one attached hydrogen (secondary N) is 1. The number of halogens is 1. The molecule has 0 bridgehead atoms. The predicted molar refractivity (Wildman–Crippen MR) is 92.4 cm³/mol. The summed E-state index contributed by atoms with van der Waals surface area (Å²) >= 11 is 0. The van der Waals surface area contributed by atoms with Crippen molar-refractivity contribution >= 4 is 23.1 Å². The summed E-state index contributed by atoms with van der Waals surface area (Å²) in [7, 11) is 0. The van der Waals surface area contributed by atoms with Crippen LogP contribution in [0.25, 0.3) is 0 Å². The maximum atomic E-state index is 13.9. The Hall–Kier alpha value is -2.73. The number of piperazine rings is 1. The fourth-order valence-corrected chi connectivity index (χ4v) is 3.56. The van der Waals surface area contributed by atoms with E-state index in [0.29, 0.717) is 36.7 Å². The predicted octanol–water partition coefficient (Wildman–Crippen LogP) is 0.718. The van der Waals surface area contributed by atoms with E-state index < -0.39 is 11.7 Å². The number of hydrogen-bond donors (Lipinski definition) is 1. The Balaban J connectivity index is 1.44. The van der Waals surface area contributed by atoms with Crippen LogP contribution in [0.3, 0.4) is 0 Å². The molecular formula is C19H19FN3O2+. The summed E-state index contributed by atoms with van der Waals surface area (Å²) < 4.78 is 13.9. The molecule has 1 fully saturated rings. The first kappa shape index (κ1) is 15.8. The zero-order valence-corrected chi connectivity index (χ0v) is 13.7. The fraction of sp³-hybridized carbons (Fsp3) is 0.263. The summed E-state index contributed by atoms with van der Waals surface area (Å²) in [5.74, 6) is -1.09. The number of quaternary nitrogens is 1. The van der Waals surface area contributed by atoms with E-state index in [0.717, 1.165) is 13.1 Å². The Kier molecular flexibility index (Phi) is 3.97. The van der Waals surface area contributed by atoms with Crippen molar-refractivity contribution in [3.05, 3.63) is 59.9 Å². The first-order chi connectivity index (χ1) is 12.1. The van der Waals surface area contributed by atoms with Gasteiger partial charge in [-0.3, -0.25) is 14.5 Å². The fourth-order valence-electron chi connectivity index (χ4n) is 3.56. The van der Waals surface area contributed by atoms with Gasteiger partial charge >= 0.3 is 5.91 Å². The van der Waals surface area contributed by atoms with Crippen LogP contribution in [-0.2, 0) is 4.79 Å². The lowest BCUT2D eigenvalue weighted by atomic mass is 10.1. The number of hydrogen-bond acceptors (Lipinski definition) is 3. The van der Waals surface area contributed by atoms with Gasteiger partial charge in [0.15, 0.2) is 6.67 Å². The molecule has 2 aliphatic rings. The normalized spacial score (nSPS) is 18.0. The molecule has 1 N–H and O–H groups in total. The molecule has 0 radical (unpaired) electrons. The van der Waals surface area contributed by atoms with Gasteiger partial charge in [0.05, 0.1) is 43.1 Å². The second kappa shape index (κ2) is 6.29. The average molecular weight is 340 g/mol. The van der Waals surface area contributed by atoms with Crippen LogP contribution in [-0.4, -0.2) is 44.5 Å². The number of para-hydroxylation sites is 2. The van der Waals surface area contributed by atoms with Crippen LogP contribution in [0.5, 0.6) is 0 Å². The van der Waals surface area contributed by atoms with Crippen molar-refractivity contribution in [1.29, 1.82) is 0 Å². The minimum atomic E-state index is -0.453. The number of anilines is 2. The number of benzene rings is 2. The zero-order valence-electron chi connectivity index (χ0n) is 13.7. The van der Waals surface area contributed by atoms with Gasteiger partial charge in [-0.05, 0) is 24.3 Å². The van der Waals surface area contributed by atoms with E-state index in [1.807, 2.05) is 23.1 Å². The van der Waals surface area contributed by atoms with Crippen LogP contribution in [0.2, 0.25) is 0 Å². The average Bonchev–Trinajstić information content (AvgIpc) is 2.88. The number of carbonyl (C=O) groups excluding carboxylic acids is 2. The Morgan fingerprint density at radius 2 is 1.56 bits per heavy atom. The number of nitrogens with zero attached hydrogens (tertiary/aromatic N) is 2. The molecule has 0 unspecified atom stereocenters. The minimum absolute atomic E-state index is 0.208. The lowest BCUT2D eigenvalue weighted by molar-refractivity contribution is -0.899. The van der Waals surface area contributed by atoms with Crippen LogP contribution in [0.1, 0.15) is 10.4 Å². The molecule has 5 nitrogen and oxygen atoms in total. The van der Waals surface area contributed by atoms with Crippen molar-refractivity contribution in [1.82, 2.24) is 0 Å². The van der Waals surface area contributed by atoms with Gasteiger partial charge in [-0.1, -0.05) is 24.3 Å². The van der Waals surface area contributed by atoms with E-state index >= 15 is 0 Å². The molecule has 6 heteroatoms. The summed E-state index contributed by atoms with van der Waals surface area (Å²) in [6.45, 7) is 3.47. The molecule has 1 amide bonds. The number of fused-ring (bicyclic) bond motifs is 1. The van der Waals surface area contributed by atoms with E-state index in [4.69, 9.17) is 0 Å². The van der Waals surface area contributed by atoms with Gasteiger partial charge in [-0.2, -0.15) is 0 Å². The largest absolute Gasteiger partial charge is 0.358 e. The molecule has 0 saturated carbocycles. The highest BCUT2D eigenvalue weighted by molar-refractivity contribution is 6.52. The second-order valence-corrected chi connectivity index (χ2v) is 6.43. The molecule has 128 valence electrons. The Morgan fingerprint density at radius 3 is 2.28 bits per heavy atom. The lowest BCUT2D eigenvalue weighted by Crippen LogP contribution is -3.16. The Bertz CT molecular complexity index is 831. The van der Waals surface area contributed by atoms with Crippen molar-refractivity contribution in [2.45, 2.75) is 0 Å². The van der Waals surface area contributed by atoms with Gasteiger partial charge in [0.25, 0.3) is 5.78 Å². The second-order valence-electron chi connectivity index (χ2n) is 6.43. The third-order valence-electron chi connectivity index (χ3n) is 4.92. The van der Waals surface area contributed by atoms with E-state index in [1.165, 1.54) is 11.0 Å². The van der Waals surface area contributed by atoms with Crippen LogP contribution in [0.4, 0.5) is 15.8 Å². The molecule has 2 aromatic carbocycles. The minimum Gasteiger partial charge on any atom is -0.358 e. The zero-order chi connectivity index (χ0) is 17.4. The van der Waals surface area contributed by atoms with Gasteiger partial charge in [0.1, 0.15) is 5.82 Å². The first-order valence-electron chi connectivity index (χ1n) is 8.43. The summed E-state index contributed by atoms with van der Waals surface area (Å²) in [5, 5.41) is 0. The number of ketones is 1. The summed E-state index contributed by atoms with van der Waals surface area (Å²) in [4.78, 5) is 29.2. The molecule has 0 aromatic heterocycles. The number of amides is 1. The smallest absolute Gasteiger partial charge is 0.303 e. The SMILES string of the molecule is O=C1C(=O)N(C[NH+]2CCN(c3ccccc3F)CC2)c2ccccc21. The van der Waals surface area contributed by atoms with E-state index in [2.05, 4.69) is 0 Å². The highest BCUT2D eigenvalue weighted by atomic mass is 19.1. The molecular weight excluding hydrogens is 321 g/mol. The number of rotatable bonds is 3. The van der Waals surface area contributed by atoms with Crippen LogP contribution < -0.4 is 14.7 Å². The molecule has 4 rings (SSSR count). The number of carbonyl (C=O) groups is 2. The highest BCUT2D eigenvalue weighted by Gasteiger charge is 2.38. The van der Waals surface area contributed by atoms with Gasteiger partial charge in [-0.15, -0.1) is 0 Å². The third kappa shape index (κ3) is 2.78. The standard InChI is InChI=1S/C19H18FN3O2/c20-15-6-2-4-8-17(15)22-11-9-21(10-12-22)13-23-16-7-3-1-5-14(16)18(24)19(23)25/h1-8H,9-13H2/p+1. The van der Waals surface area contributed by atoms with E-state index in [-0.39, 0.29) is 5.82 Å². The van der Waals surface area contributed by atoms with Gasteiger partial charge in [-0.25, -0.2) is 4.39 Å². The highest BCUT2D eigenvalue weighted by Crippen LogP contribution is 2.27. The van der Waals surface area contributed by atoms with E-state index in [9.17, 15) is 14.0 Å². The Morgan fingerprint density at radius 1 is 0.920 bits per heavy atom. The van der Waals surface area contributed by atoms with Crippen molar-refractivity contribution < 1.29 is 18.9 Å². The van der Waals surface area contributed by atoms with Crippen molar-refractivity contribution in [3.63, 3.8) is 0 Å². The van der Waals surface area contributed by atoms with Crippen LogP contribution >= 0.6 is 0 Å². The quantitative estimate of drug-likeness (QED) is 0.838. The molecule has 2 aromatic rings. The maximum Gasteiger partial charge on any atom is 0.303 e. The topological polar surface area (TPSA) is 45.1 Å². The van der Waals surface area contributed by atoms with Crippen molar-refractivity contribution in [2.75, 3.05) is 42.6 Å². The molecule has 2 aliphatic heterocycles. The third-order valence-corrected chi connectivity index (χ3v) is 4.92. The molecule has 0 aliphatic carbocycles. The molecule has 0 atom stereocenters. The van der Waals surface area contributed by atoms with Crippen LogP contribution in [0, 0.1) is 5.82 Å². The van der Waals surface area contributed by atoms with Gasteiger partial charge < -0.3 is 9.80 Å². The molecule has 2 heterocycles. The number of Topliss-reactive ketones (excluding diaryl/α,β-unsaturated/α-hetero) is 1. The molecule has 25 heavy (non-hydrogen) atoms. The summed E-state index contributed by atoms with van der Waals surface area (Å²) in [5.41, 5.74) is 1.80. The van der Waals surface area contributed by atoms with Gasteiger partial charge in [0.2, 0.25) is 0 Å². The maximum absolute atomic E-state index is 13.9. The van der Waals surface area contributed by atoms with Crippen LogP contribution in [0.15, 0.2) is 48.5 Å². The van der Waals surface area contributed by atoms with Crippen molar-refractivity contribution in [2.24, 2.45) is 0 Å². The molecule has 1 saturated heterocycles. The summed E-state index contributed by atoms with van der Waals surface area (Å²) in [6, 6.07) is 13.9.